The van der Waals surface area contributed by atoms with Crippen LogP contribution in [-0.4, -0.2) is 9.55 Å². The molecule has 0 saturated heterocycles. The third-order valence-electron chi connectivity index (χ3n) is 13.2. The summed E-state index contributed by atoms with van der Waals surface area (Å²) in [6.07, 6.45) is 1.91. The molecule has 0 aliphatic carbocycles. The summed E-state index contributed by atoms with van der Waals surface area (Å²) in [5.41, 5.74) is 15.1. The molecule has 0 aliphatic rings. The van der Waals surface area contributed by atoms with Crippen LogP contribution < -0.4 is 15.0 Å². The first-order valence-electron chi connectivity index (χ1n) is 24.1. The monoisotopic (exact) mass is 1100 g/mol. The van der Waals surface area contributed by atoms with Gasteiger partial charge in [-0.3, -0.25) is 7.05 Å². The number of aromatic nitrogens is 2. The van der Waals surface area contributed by atoms with Crippen molar-refractivity contribution in [2.75, 3.05) is 10.2 Å². The van der Waals surface area contributed by atoms with Gasteiger partial charge in [-0.05, 0) is 114 Å². The standard InChI is InChI=1S/C64H65N4O.Pt/c1-61(2,3)46-25-22-43(23-26-46)44-24-31-57-55(36-44)54-29-28-53(41-58(54)68(57)60-39-48(32-33-65-60)63(7,8)9)69-52-21-17-20-51(40-52)67(13)59-38-47(62(4,5)6)27-30-56(59)66-50-35-45(42-18-15-14-16-19-42)34-49(37-50)64(10,11)12;/h14-39,66H,13H2,1-12H3;/q-3;. The molecule has 9 rings (SSSR count). The van der Waals surface area contributed by atoms with E-state index in [4.69, 9.17) is 9.72 Å². The van der Waals surface area contributed by atoms with Crippen molar-refractivity contribution in [2.24, 2.45) is 0 Å². The van der Waals surface area contributed by atoms with Crippen molar-refractivity contribution in [3.05, 3.63) is 199 Å². The van der Waals surface area contributed by atoms with Gasteiger partial charge in [0.25, 0.3) is 0 Å². The predicted molar refractivity (Wildman–Crippen MR) is 292 cm³/mol. The van der Waals surface area contributed by atoms with Crippen molar-refractivity contribution in [2.45, 2.75) is 105 Å². The maximum atomic E-state index is 6.70. The van der Waals surface area contributed by atoms with E-state index in [9.17, 15) is 0 Å². The SMILES string of the molecule is [CH2-]N(c1[c-]c(Oc2[c-]c3c(cc2)c2cc(-c4ccc(C(C)(C)C)cc4)ccc2n3-c2cc(C(C)(C)C)ccn2)ccc1)c1cc(C(C)(C)C)ccc1Nc1cc(-c2ccccc2)cc(C(C)(C)C)c1.[Pt]. The van der Waals surface area contributed by atoms with E-state index < -0.39 is 0 Å². The average Bonchev–Trinajstić information content (AvgIpc) is 3.63. The van der Waals surface area contributed by atoms with Crippen molar-refractivity contribution in [1.82, 2.24) is 9.55 Å². The summed E-state index contributed by atoms with van der Waals surface area (Å²) in [5, 5.41) is 6.01. The summed E-state index contributed by atoms with van der Waals surface area (Å²) in [6, 6.07) is 61.3. The van der Waals surface area contributed by atoms with Crippen LogP contribution in [0.4, 0.5) is 22.7 Å². The van der Waals surface area contributed by atoms with E-state index in [-0.39, 0.29) is 42.7 Å². The van der Waals surface area contributed by atoms with Gasteiger partial charge in [0, 0.05) is 55.7 Å². The summed E-state index contributed by atoms with van der Waals surface area (Å²) in [4.78, 5) is 6.90. The largest absolute Gasteiger partial charge is 0.516 e. The molecule has 0 radical (unpaired) electrons. The van der Waals surface area contributed by atoms with Crippen molar-refractivity contribution < 1.29 is 25.8 Å². The van der Waals surface area contributed by atoms with E-state index in [0.29, 0.717) is 11.5 Å². The molecule has 1 N–H and O–H groups in total. The zero-order valence-electron chi connectivity index (χ0n) is 42.8. The smallest absolute Gasteiger partial charge is 0.135 e. The van der Waals surface area contributed by atoms with Crippen LogP contribution in [0.2, 0.25) is 0 Å². The number of hydrogen-bond donors (Lipinski definition) is 1. The fourth-order valence-corrected chi connectivity index (χ4v) is 8.89. The maximum Gasteiger partial charge on any atom is 0.135 e. The molecule has 0 unspecified atom stereocenters. The van der Waals surface area contributed by atoms with Gasteiger partial charge < -0.3 is 19.5 Å². The van der Waals surface area contributed by atoms with Crippen LogP contribution in [0, 0.1) is 19.2 Å². The first-order chi connectivity index (χ1) is 32.6. The Balaban J connectivity index is 0.00000659. The van der Waals surface area contributed by atoms with E-state index in [1.165, 1.54) is 38.9 Å². The van der Waals surface area contributed by atoms with E-state index in [0.717, 1.165) is 55.9 Å². The van der Waals surface area contributed by atoms with Crippen molar-refractivity contribution in [1.29, 1.82) is 0 Å². The normalized spacial score (nSPS) is 12.2. The van der Waals surface area contributed by atoms with Crippen molar-refractivity contribution in [3.8, 4) is 39.6 Å². The number of nitrogens with one attached hydrogen (secondary N) is 1. The van der Waals surface area contributed by atoms with E-state index in [2.05, 4.69) is 240 Å². The molecule has 360 valence electrons. The second kappa shape index (κ2) is 19.1. The minimum absolute atomic E-state index is 0. The molecule has 5 nitrogen and oxygen atoms in total. The van der Waals surface area contributed by atoms with Crippen LogP contribution in [0.5, 0.6) is 11.5 Å². The van der Waals surface area contributed by atoms with Crippen LogP contribution in [0.25, 0.3) is 49.9 Å². The molecule has 0 atom stereocenters. The van der Waals surface area contributed by atoms with E-state index >= 15 is 0 Å². The number of rotatable bonds is 9. The van der Waals surface area contributed by atoms with Crippen molar-refractivity contribution >= 4 is 44.6 Å². The molecule has 0 aliphatic heterocycles. The molecular formula is C64H65N4OPt-3. The Hall–Kier alpha value is -6.42. The third-order valence-corrected chi connectivity index (χ3v) is 13.2. The topological polar surface area (TPSA) is 42.3 Å². The minimum atomic E-state index is -0.0881. The van der Waals surface area contributed by atoms with Crippen LogP contribution in [-0.2, 0) is 42.7 Å². The zero-order valence-corrected chi connectivity index (χ0v) is 45.1. The number of benzene rings is 7. The van der Waals surface area contributed by atoms with Gasteiger partial charge in [0.15, 0.2) is 0 Å². The molecule has 70 heavy (non-hydrogen) atoms. The first kappa shape index (κ1) is 50.0. The molecule has 0 bridgehead atoms. The summed E-state index contributed by atoms with van der Waals surface area (Å²) in [6.45, 7) is 26.9. The third kappa shape index (κ3) is 10.5. The first-order valence-corrected chi connectivity index (χ1v) is 24.1. The predicted octanol–water partition coefficient (Wildman–Crippen LogP) is 17.8. The number of ether oxygens (including phenoxy) is 1. The summed E-state index contributed by atoms with van der Waals surface area (Å²) >= 11 is 0. The van der Waals surface area contributed by atoms with Gasteiger partial charge in [-0.2, -0.15) is 12.1 Å². The number of fused-ring (bicyclic) bond motifs is 3. The van der Waals surface area contributed by atoms with Gasteiger partial charge in [0.1, 0.15) is 5.82 Å². The Morgan fingerprint density at radius 1 is 0.514 bits per heavy atom. The molecule has 7 aromatic carbocycles. The Bertz CT molecular complexity index is 3320. The van der Waals surface area contributed by atoms with Gasteiger partial charge >= 0.3 is 0 Å². The number of hydrogen-bond acceptors (Lipinski definition) is 4. The average molecular weight is 1100 g/mol. The number of anilines is 4. The van der Waals surface area contributed by atoms with E-state index in [1.807, 2.05) is 35.4 Å². The summed E-state index contributed by atoms with van der Waals surface area (Å²) in [5.74, 6) is 1.97. The second-order valence-corrected chi connectivity index (χ2v) is 22.6. The molecule has 2 aromatic heterocycles. The Morgan fingerprint density at radius 3 is 1.83 bits per heavy atom. The molecule has 0 spiro atoms. The van der Waals surface area contributed by atoms with Crippen LogP contribution in [0.15, 0.2) is 158 Å². The molecule has 2 heterocycles. The fraction of sp³-hybridized carbons (Fsp3) is 0.250. The van der Waals surface area contributed by atoms with Crippen LogP contribution in [0.1, 0.15) is 105 Å². The fourth-order valence-electron chi connectivity index (χ4n) is 8.89. The van der Waals surface area contributed by atoms with Crippen LogP contribution in [0.3, 0.4) is 0 Å². The Morgan fingerprint density at radius 2 is 1.14 bits per heavy atom. The zero-order chi connectivity index (χ0) is 49.0. The van der Waals surface area contributed by atoms with E-state index in [1.54, 1.807) is 0 Å². The number of nitrogens with zero attached hydrogens (tertiary/aromatic N) is 3. The van der Waals surface area contributed by atoms with Gasteiger partial charge in [-0.25, -0.2) is 4.98 Å². The van der Waals surface area contributed by atoms with Gasteiger partial charge in [0.2, 0.25) is 0 Å². The molecule has 0 fully saturated rings. The summed E-state index contributed by atoms with van der Waals surface area (Å²) < 4.78 is 8.91. The Labute approximate surface area is 431 Å². The molecule has 0 amide bonds. The summed E-state index contributed by atoms with van der Waals surface area (Å²) in [7, 11) is 4.64. The molecule has 0 saturated carbocycles. The Kier molecular flexibility index (Phi) is 13.6. The maximum absolute atomic E-state index is 6.70. The molecule has 9 aromatic rings. The van der Waals surface area contributed by atoms with Gasteiger partial charge in [0.05, 0.1) is 5.69 Å². The van der Waals surface area contributed by atoms with Gasteiger partial charge in [-0.1, -0.05) is 167 Å². The second-order valence-electron chi connectivity index (χ2n) is 22.6. The quantitative estimate of drug-likeness (QED) is 0.146. The molecule has 6 heteroatoms. The minimum Gasteiger partial charge on any atom is -0.516 e. The van der Waals surface area contributed by atoms with Gasteiger partial charge in [-0.15, -0.1) is 41.4 Å². The van der Waals surface area contributed by atoms with Crippen LogP contribution >= 0.6 is 0 Å². The molecular weight excluding hydrogens is 1040 g/mol. The van der Waals surface area contributed by atoms with Crippen molar-refractivity contribution in [3.63, 3.8) is 0 Å². The number of pyridine rings is 1.